The molecule has 0 heterocycles. The van der Waals surface area contributed by atoms with Crippen LogP contribution in [0.5, 0.6) is 0 Å². The molecule has 0 N–H and O–H groups in total. The van der Waals surface area contributed by atoms with Crippen LogP contribution in [-0.2, 0) is 17.1 Å². The summed E-state index contributed by atoms with van der Waals surface area (Å²) < 4.78 is 0. The van der Waals surface area contributed by atoms with E-state index < -0.39 is 0 Å². The van der Waals surface area contributed by atoms with Crippen LogP contribution < -0.4 is 0 Å². The molecule has 0 radical (unpaired) electrons. The quantitative estimate of drug-likeness (QED) is 0.454. The molecule has 0 unspecified atom stereocenters. The summed E-state index contributed by atoms with van der Waals surface area (Å²) in [6, 6.07) is 11.3. The van der Waals surface area contributed by atoms with Crippen LogP contribution in [-0.4, -0.2) is 0 Å². The van der Waals surface area contributed by atoms with Gasteiger partial charge in [-0.05, 0) is 5.92 Å². The van der Waals surface area contributed by atoms with E-state index >= 15 is 0 Å². The van der Waals surface area contributed by atoms with Crippen molar-refractivity contribution in [1.82, 2.24) is 0 Å². The Balaban J connectivity index is 0.000000810. The van der Waals surface area contributed by atoms with E-state index in [1.165, 1.54) is 5.56 Å². The van der Waals surface area contributed by atoms with Crippen molar-refractivity contribution in [2.24, 2.45) is 0 Å². The second-order valence-electron chi connectivity index (χ2n) is 2.47. The van der Waals surface area contributed by atoms with E-state index in [1.807, 2.05) is 18.2 Å². The molecule has 0 aliphatic rings. The van der Waals surface area contributed by atoms with Crippen LogP contribution in [0.25, 0.3) is 0 Å². The number of benzene rings is 1. The maximum absolute atomic E-state index is 3.17. The van der Waals surface area contributed by atoms with Crippen LogP contribution in [0.1, 0.15) is 25.3 Å². The van der Waals surface area contributed by atoms with E-state index in [4.69, 9.17) is 0 Å². The maximum Gasteiger partial charge on any atom is 2.00 e. The average molecular weight is 175 g/mol. The van der Waals surface area contributed by atoms with Gasteiger partial charge in [0.2, 0.25) is 0 Å². The molecule has 1 aromatic carbocycles. The van der Waals surface area contributed by atoms with E-state index in [0.29, 0.717) is 5.92 Å². The van der Waals surface area contributed by atoms with Crippen molar-refractivity contribution >= 4 is 0 Å². The van der Waals surface area contributed by atoms with Gasteiger partial charge in [0.15, 0.2) is 0 Å². The minimum absolute atomic E-state index is 0. The predicted octanol–water partition coefficient (Wildman–Crippen LogP) is 2.61. The molecule has 0 fully saturated rings. The van der Waals surface area contributed by atoms with Gasteiger partial charge >= 0.3 is 17.1 Å². The molecule has 10 heavy (non-hydrogen) atoms. The van der Waals surface area contributed by atoms with Gasteiger partial charge in [0.05, 0.1) is 0 Å². The van der Waals surface area contributed by atoms with Crippen molar-refractivity contribution in [3.05, 3.63) is 35.9 Å². The van der Waals surface area contributed by atoms with Gasteiger partial charge in [0, 0.05) is 0 Å². The average Bonchev–Trinajstić information content (AvgIpc) is 1.90. The van der Waals surface area contributed by atoms with Gasteiger partial charge in [-0.1, -0.05) is 13.8 Å². The summed E-state index contributed by atoms with van der Waals surface area (Å²) in [5.74, 6) is 0.603. The van der Waals surface area contributed by atoms with Crippen molar-refractivity contribution in [2.75, 3.05) is 0 Å². The van der Waals surface area contributed by atoms with E-state index in [1.54, 1.807) is 0 Å². The van der Waals surface area contributed by atoms with E-state index in [2.05, 4.69) is 26.0 Å². The van der Waals surface area contributed by atoms with Gasteiger partial charge in [0.25, 0.3) is 0 Å². The Labute approximate surface area is 73.1 Å². The van der Waals surface area contributed by atoms with Gasteiger partial charge in [-0.3, -0.25) is 0 Å². The molecule has 0 amide bonds. The molecule has 0 atom stereocenters. The molecule has 0 nitrogen and oxygen atoms in total. The predicted molar refractivity (Wildman–Crippen MR) is 39.4 cm³/mol. The van der Waals surface area contributed by atoms with Crippen LogP contribution >= 0.6 is 0 Å². The van der Waals surface area contributed by atoms with Crippen LogP contribution in [0.2, 0.25) is 0 Å². The number of hydrogen-bond donors (Lipinski definition) is 0. The fraction of sp³-hybridized carbons (Fsp3) is 0.333. The smallest absolute Gasteiger partial charge is 0.180 e. The molecule has 0 aromatic heterocycles. The Bertz CT molecular complexity index is 167. The SMILES string of the molecule is CC(C)c1[c-]cccc1.[Fe+2]. The number of rotatable bonds is 1. The van der Waals surface area contributed by atoms with Crippen molar-refractivity contribution in [1.29, 1.82) is 0 Å². The summed E-state index contributed by atoms with van der Waals surface area (Å²) in [4.78, 5) is 0. The van der Waals surface area contributed by atoms with Crippen LogP contribution in [0.3, 0.4) is 0 Å². The minimum Gasteiger partial charge on any atom is -0.180 e. The first-order valence-electron chi connectivity index (χ1n) is 3.27. The van der Waals surface area contributed by atoms with Crippen molar-refractivity contribution in [3.8, 4) is 0 Å². The Morgan fingerprint density at radius 3 is 2.30 bits per heavy atom. The van der Waals surface area contributed by atoms with Crippen molar-refractivity contribution < 1.29 is 17.1 Å². The standard InChI is InChI=1S/C9H11.Fe/c1-8(2)9-6-4-3-5-7-9;/h3-6,8H,1-2H3;/q-1;+2. The van der Waals surface area contributed by atoms with Crippen molar-refractivity contribution in [2.45, 2.75) is 19.8 Å². The van der Waals surface area contributed by atoms with E-state index in [0.717, 1.165) is 0 Å². The largest absolute Gasteiger partial charge is 2.00 e. The molecule has 1 rings (SSSR count). The topological polar surface area (TPSA) is 0 Å². The minimum atomic E-state index is 0. The summed E-state index contributed by atoms with van der Waals surface area (Å²) in [5, 5.41) is 0. The maximum atomic E-state index is 3.17. The summed E-state index contributed by atoms with van der Waals surface area (Å²) >= 11 is 0. The monoisotopic (exact) mass is 175 g/mol. The zero-order valence-electron chi connectivity index (χ0n) is 6.24. The second kappa shape index (κ2) is 4.54. The Morgan fingerprint density at radius 1 is 1.30 bits per heavy atom. The fourth-order valence-corrected chi connectivity index (χ4v) is 0.766. The molecular weight excluding hydrogens is 164 g/mol. The number of hydrogen-bond acceptors (Lipinski definition) is 0. The Morgan fingerprint density at radius 2 is 2.00 bits per heavy atom. The third-order valence-electron chi connectivity index (χ3n) is 1.36. The van der Waals surface area contributed by atoms with Crippen molar-refractivity contribution in [3.63, 3.8) is 0 Å². The third kappa shape index (κ3) is 2.55. The van der Waals surface area contributed by atoms with Gasteiger partial charge in [0.1, 0.15) is 0 Å². The zero-order chi connectivity index (χ0) is 6.69. The van der Waals surface area contributed by atoms with Crippen LogP contribution in [0.4, 0.5) is 0 Å². The molecule has 0 aliphatic heterocycles. The normalized spacial score (nSPS) is 9.10. The molecule has 0 saturated heterocycles. The molecule has 0 saturated carbocycles. The van der Waals surface area contributed by atoms with E-state index in [-0.39, 0.29) is 17.1 Å². The summed E-state index contributed by atoms with van der Waals surface area (Å²) in [7, 11) is 0. The van der Waals surface area contributed by atoms with E-state index in [9.17, 15) is 0 Å². The van der Waals surface area contributed by atoms with Gasteiger partial charge < -0.3 is 0 Å². The molecule has 1 heteroatoms. The summed E-state index contributed by atoms with van der Waals surface area (Å²) in [6.07, 6.45) is 0. The first-order chi connectivity index (χ1) is 4.30. The zero-order valence-corrected chi connectivity index (χ0v) is 7.34. The van der Waals surface area contributed by atoms with Crippen LogP contribution in [0, 0.1) is 6.07 Å². The van der Waals surface area contributed by atoms with Crippen LogP contribution in [0.15, 0.2) is 24.3 Å². The second-order valence-corrected chi connectivity index (χ2v) is 2.47. The molecule has 1 aromatic rings. The van der Waals surface area contributed by atoms with Gasteiger partial charge in [-0.2, -0.15) is 35.9 Å². The molecule has 54 valence electrons. The third-order valence-corrected chi connectivity index (χ3v) is 1.36. The first-order valence-corrected chi connectivity index (χ1v) is 3.27. The molecule has 0 bridgehead atoms. The molecule has 0 aliphatic carbocycles. The molecule has 0 spiro atoms. The molecular formula is C9H11Fe+. The first kappa shape index (κ1) is 9.74. The summed E-state index contributed by atoms with van der Waals surface area (Å²) in [6.45, 7) is 4.34. The summed E-state index contributed by atoms with van der Waals surface area (Å²) in [5.41, 5.74) is 1.29. The van der Waals surface area contributed by atoms with Gasteiger partial charge in [-0.25, -0.2) is 0 Å². The van der Waals surface area contributed by atoms with Gasteiger partial charge in [-0.15, -0.1) is 0 Å². The Hall–Kier alpha value is -0.261. The fourth-order valence-electron chi connectivity index (χ4n) is 0.766. The Kier molecular flexibility index (Phi) is 4.42.